The first-order valence-electron chi connectivity index (χ1n) is 6.91. The van der Waals surface area contributed by atoms with E-state index in [-0.39, 0.29) is 18.8 Å². The molecule has 0 aliphatic carbocycles. The Morgan fingerprint density at radius 3 is 2.75 bits per heavy atom. The number of hydrogen-bond donors (Lipinski definition) is 2. The number of hydrazine groups is 1. The number of tetrazole rings is 1. The molecule has 0 saturated carbocycles. The lowest BCUT2D eigenvalue weighted by molar-refractivity contribution is 0.458. The molecule has 1 aliphatic heterocycles. The van der Waals surface area contributed by atoms with Gasteiger partial charge in [0.25, 0.3) is 0 Å². The second-order valence-corrected chi connectivity index (χ2v) is 7.11. The molecule has 1 aromatic heterocycles. The van der Waals surface area contributed by atoms with E-state index < -0.39 is 0 Å². The predicted octanol–water partition coefficient (Wildman–Crippen LogP) is 0.563. The maximum Gasteiger partial charge on any atom is 0.329 e. The Morgan fingerprint density at radius 1 is 1.40 bits per heavy atom. The fourth-order valence-electron chi connectivity index (χ4n) is 2.39. The SMILES string of the molecule is CCCN1B(C)Nc2nnnn2C(C)(C)SN(N)B1C. The minimum absolute atomic E-state index is 0.0928. The van der Waals surface area contributed by atoms with Crippen LogP contribution in [0, 0.1) is 0 Å². The largest absolute Gasteiger partial charge is 0.383 e. The highest BCUT2D eigenvalue weighted by molar-refractivity contribution is 7.98. The van der Waals surface area contributed by atoms with E-state index in [1.165, 1.54) is 11.9 Å². The minimum atomic E-state index is -0.364. The Labute approximate surface area is 125 Å². The van der Waals surface area contributed by atoms with Crippen molar-refractivity contribution in [2.24, 2.45) is 5.84 Å². The van der Waals surface area contributed by atoms with E-state index in [9.17, 15) is 0 Å². The molecule has 2 heterocycles. The van der Waals surface area contributed by atoms with Crippen LogP contribution in [0.15, 0.2) is 0 Å². The average molecular weight is 296 g/mol. The molecule has 110 valence electrons. The molecular formula is C9H22B2N8S. The number of fused-ring (bicyclic) bond motifs is 1. The van der Waals surface area contributed by atoms with Gasteiger partial charge in [-0.3, -0.25) is 5.84 Å². The number of nitrogens with two attached hydrogens (primary N) is 1. The summed E-state index contributed by atoms with van der Waals surface area (Å²) in [4.78, 5) is -0.364. The van der Waals surface area contributed by atoms with Crippen LogP contribution in [0.1, 0.15) is 27.2 Å². The van der Waals surface area contributed by atoms with Crippen molar-refractivity contribution >= 4 is 31.9 Å². The molecule has 0 aromatic carbocycles. The lowest BCUT2D eigenvalue weighted by Crippen LogP contribution is -2.58. The molecule has 0 radical (unpaired) electrons. The van der Waals surface area contributed by atoms with E-state index in [0.717, 1.165) is 13.0 Å². The normalized spacial score (nSPS) is 20.9. The highest BCUT2D eigenvalue weighted by atomic mass is 32.2. The Kier molecular flexibility index (Phi) is 4.62. The Morgan fingerprint density at radius 2 is 2.10 bits per heavy atom. The second-order valence-electron chi connectivity index (χ2n) is 5.50. The minimum Gasteiger partial charge on any atom is -0.383 e. The third-order valence-electron chi connectivity index (χ3n) is 3.47. The third-order valence-corrected chi connectivity index (χ3v) is 4.61. The summed E-state index contributed by atoms with van der Waals surface area (Å²) in [6.07, 6.45) is 1.06. The van der Waals surface area contributed by atoms with E-state index in [1.54, 1.807) is 9.01 Å². The van der Waals surface area contributed by atoms with Crippen LogP contribution in [0.3, 0.4) is 0 Å². The summed E-state index contributed by atoms with van der Waals surface area (Å²) < 4.78 is 5.86. The molecule has 20 heavy (non-hydrogen) atoms. The molecule has 0 spiro atoms. The highest BCUT2D eigenvalue weighted by Gasteiger charge is 2.38. The fraction of sp³-hybridized carbons (Fsp3) is 0.889. The van der Waals surface area contributed by atoms with Gasteiger partial charge in [0.05, 0.1) is 0 Å². The van der Waals surface area contributed by atoms with Crippen molar-refractivity contribution in [1.82, 2.24) is 29.3 Å². The summed E-state index contributed by atoms with van der Waals surface area (Å²) in [6.45, 7) is 11.6. The average Bonchev–Trinajstić information content (AvgIpc) is 2.82. The fourth-order valence-corrected chi connectivity index (χ4v) is 3.38. The van der Waals surface area contributed by atoms with E-state index in [2.05, 4.69) is 46.0 Å². The van der Waals surface area contributed by atoms with Gasteiger partial charge in [0, 0.05) is 0 Å². The number of nitrogens with one attached hydrogen (secondary N) is 1. The summed E-state index contributed by atoms with van der Waals surface area (Å²) >= 11 is 1.53. The quantitative estimate of drug-likeness (QED) is 0.465. The maximum atomic E-state index is 6.25. The predicted molar refractivity (Wildman–Crippen MR) is 84.6 cm³/mol. The number of nitrogens with zero attached hydrogens (tertiary/aromatic N) is 6. The van der Waals surface area contributed by atoms with Crippen molar-refractivity contribution in [3.63, 3.8) is 0 Å². The van der Waals surface area contributed by atoms with Gasteiger partial charge in [-0.15, -0.1) is 0 Å². The van der Waals surface area contributed by atoms with Crippen LogP contribution in [-0.2, 0) is 4.87 Å². The van der Waals surface area contributed by atoms with Gasteiger partial charge in [-0.05, 0) is 49.2 Å². The van der Waals surface area contributed by atoms with Gasteiger partial charge in [-0.2, -0.15) is 4.68 Å². The van der Waals surface area contributed by atoms with Crippen molar-refractivity contribution in [1.29, 1.82) is 0 Å². The van der Waals surface area contributed by atoms with Crippen LogP contribution in [0.5, 0.6) is 0 Å². The molecule has 8 nitrogen and oxygen atoms in total. The van der Waals surface area contributed by atoms with Crippen LogP contribution < -0.4 is 11.1 Å². The zero-order chi connectivity index (χ0) is 14.9. The second kappa shape index (κ2) is 5.92. The molecule has 2 rings (SSSR count). The summed E-state index contributed by atoms with van der Waals surface area (Å²) in [5.41, 5.74) is 0. The summed E-state index contributed by atoms with van der Waals surface area (Å²) in [7, 11) is 0. The number of rotatable bonds is 2. The zero-order valence-corrected chi connectivity index (χ0v) is 13.6. The van der Waals surface area contributed by atoms with Gasteiger partial charge >= 0.3 is 14.0 Å². The van der Waals surface area contributed by atoms with E-state index in [0.29, 0.717) is 5.95 Å². The molecule has 11 heteroatoms. The first-order chi connectivity index (χ1) is 9.36. The molecule has 0 bridgehead atoms. The van der Waals surface area contributed by atoms with Gasteiger partial charge in [-0.25, -0.2) is 4.33 Å². The van der Waals surface area contributed by atoms with Crippen molar-refractivity contribution < 1.29 is 0 Å². The lowest BCUT2D eigenvalue weighted by Gasteiger charge is -2.35. The number of aromatic nitrogens is 4. The van der Waals surface area contributed by atoms with Crippen molar-refractivity contribution in [3.05, 3.63) is 0 Å². The Hall–Kier alpha value is -0.770. The number of hydrogen-bond acceptors (Lipinski definition) is 8. The Bertz CT molecular complexity index is 455. The van der Waals surface area contributed by atoms with E-state index >= 15 is 0 Å². The molecule has 0 fully saturated rings. The smallest absolute Gasteiger partial charge is 0.329 e. The van der Waals surface area contributed by atoms with Gasteiger partial charge in [-0.1, -0.05) is 25.7 Å². The summed E-state index contributed by atoms with van der Waals surface area (Å²) in [5, 5.41) is 15.3. The van der Waals surface area contributed by atoms with Crippen LogP contribution in [0.2, 0.25) is 13.6 Å². The van der Waals surface area contributed by atoms with Crippen molar-refractivity contribution in [3.8, 4) is 0 Å². The molecule has 0 amide bonds. The maximum absolute atomic E-state index is 6.25. The lowest BCUT2D eigenvalue weighted by atomic mass is 9.62. The molecule has 1 aromatic rings. The topological polar surface area (TPSA) is 88.1 Å². The monoisotopic (exact) mass is 296 g/mol. The molecule has 1 aliphatic rings. The van der Waals surface area contributed by atoms with Gasteiger partial charge in [0.1, 0.15) is 4.87 Å². The van der Waals surface area contributed by atoms with E-state index in [1.807, 2.05) is 13.8 Å². The Balaban J connectivity index is 2.38. The molecule has 0 saturated heterocycles. The molecule has 0 unspecified atom stereocenters. The summed E-state index contributed by atoms with van der Waals surface area (Å²) in [5.74, 6) is 6.91. The molecule has 0 atom stereocenters. The van der Waals surface area contributed by atoms with Crippen LogP contribution in [0.4, 0.5) is 5.95 Å². The van der Waals surface area contributed by atoms with Crippen LogP contribution >= 0.6 is 11.9 Å². The first kappa shape index (κ1) is 15.6. The summed E-state index contributed by atoms with van der Waals surface area (Å²) in [6, 6.07) is 0. The standard InChI is InChI=1S/C9H22B2N8S/c1-6-7-17-10(4)13-8-14-15-16-18(8)9(2,3)20-19(12)11(17)5/h6-7,12H2,1-5H3,(H,13,14,16). The highest BCUT2D eigenvalue weighted by Crippen LogP contribution is 2.34. The van der Waals surface area contributed by atoms with E-state index in [4.69, 9.17) is 5.84 Å². The van der Waals surface area contributed by atoms with Gasteiger partial charge in [0.2, 0.25) is 5.95 Å². The third kappa shape index (κ3) is 2.95. The zero-order valence-electron chi connectivity index (χ0n) is 12.7. The van der Waals surface area contributed by atoms with Crippen molar-refractivity contribution in [2.75, 3.05) is 11.8 Å². The van der Waals surface area contributed by atoms with Gasteiger partial charge in [0.15, 0.2) is 0 Å². The van der Waals surface area contributed by atoms with Crippen LogP contribution in [0.25, 0.3) is 0 Å². The van der Waals surface area contributed by atoms with Gasteiger partial charge < -0.3 is 9.95 Å². The first-order valence-corrected chi connectivity index (χ1v) is 7.68. The van der Waals surface area contributed by atoms with Crippen LogP contribution in [-0.4, -0.2) is 49.8 Å². The number of anilines is 1. The van der Waals surface area contributed by atoms with Crippen molar-refractivity contribution in [2.45, 2.75) is 45.7 Å². The molecular weight excluding hydrogens is 274 g/mol. The molecule has 3 N–H and O–H groups in total.